The van der Waals surface area contributed by atoms with Crippen LogP contribution < -0.4 is 5.32 Å². The van der Waals surface area contributed by atoms with Gasteiger partial charge < -0.3 is 9.84 Å². The molecule has 0 spiro atoms. The first-order chi connectivity index (χ1) is 7.75. The molecular weight excluding hydrogens is 212 g/mol. The van der Waals surface area contributed by atoms with E-state index in [9.17, 15) is 10.1 Å². The van der Waals surface area contributed by atoms with Crippen LogP contribution in [0.1, 0.15) is 5.69 Å². The summed E-state index contributed by atoms with van der Waals surface area (Å²) in [6.07, 6.45) is 2.83. The largest absolute Gasteiger partial charge is 0.364 e. The summed E-state index contributed by atoms with van der Waals surface area (Å²) in [5, 5.41) is 17.1. The highest BCUT2D eigenvalue weighted by Gasteiger charge is 2.06. The topological polar surface area (TPSA) is 94.1 Å². The molecule has 0 radical (unpaired) electrons. The van der Waals surface area contributed by atoms with Gasteiger partial charge in [-0.1, -0.05) is 5.16 Å². The molecule has 2 aromatic rings. The second-order valence-corrected chi connectivity index (χ2v) is 3.00. The summed E-state index contributed by atoms with van der Waals surface area (Å²) in [6, 6.07) is 4.39. The van der Waals surface area contributed by atoms with Crippen molar-refractivity contribution in [1.29, 1.82) is 0 Å². The zero-order chi connectivity index (χ0) is 11.4. The molecule has 7 heteroatoms. The standard InChI is InChI=1S/C9H8N4O3/c14-13(15)8-1-3-10-9(5-8)11-6-7-2-4-16-12-7/h1-5H,6H2,(H,10,11). The quantitative estimate of drug-likeness (QED) is 0.621. The highest BCUT2D eigenvalue weighted by atomic mass is 16.6. The third-order valence-electron chi connectivity index (χ3n) is 1.90. The Morgan fingerprint density at radius 3 is 3.06 bits per heavy atom. The molecule has 0 aromatic carbocycles. The number of hydrogen-bond acceptors (Lipinski definition) is 6. The number of anilines is 1. The number of hydrogen-bond donors (Lipinski definition) is 1. The van der Waals surface area contributed by atoms with Crippen molar-refractivity contribution in [2.24, 2.45) is 0 Å². The molecule has 0 aliphatic heterocycles. The van der Waals surface area contributed by atoms with Gasteiger partial charge in [-0.25, -0.2) is 4.98 Å². The summed E-state index contributed by atoms with van der Waals surface area (Å²) in [5.41, 5.74) is 0.700. The number of rotatable bonds is 4. The van der Waals surface area contributed by atoms with E-state index in [1.54, 1.807) is 6.07 Å². The van der Waals surface area contributed by atoms with Crippen LogP contribution in [0.4, 0.5) is 11.5 Å². The van der Waals surface area contributed by atoms with Gasteiger partial charge in [-0.15, -0.1) is 0 Å². The van der Waals surface area contributed by atoms with Gasteiger partial charge in [-0.05, 0) is 0 Å². The predicted octanol–water partition coefficient (Wildman–Crippen LogP) is 1.59. The molecule has 2 rings (SSSR count). The third-order valence-corrected chi connectivity index (χ3v) is 1.90. The molecule has 82 valence electrons. The Bertz CT molecular complexity index is 483. The van der Waals surface area contributed by atoms with Crippen molar-refractivity contribution in [3.8, 4) is 0 Å². The van der Waals surface area contributed by atoms with Crippen LogP contribution in [0.3, 0.4) is 0 Å². The van der Waals surface area contributed by atoms with E-state index < -0.39 is 4.92 Å². The maximum atomic E-state index is 10.5. The lowest BCUT2D eigenvalue weighted by Crippen LogP contribution is -2.01. The first kappa shape index (κ1) is 10.1. The third kappa shape index (κ3) is 2.32. The summed E-state index contributed by atoms with van der Waals surface area (Å²) in [4.78, 5) is 14.0. The Kier molecular flexibility index (Phi) is 2.77. The summed E-state index contributed by atoms with van der Waals surface area (Å²) in [5.74, 6) is 0.428. The number of nitrogens with zero attached hydrogens (tertiary/aromatic N) is 3. The molecule has 2 aromatic heterocycles. The molecule has 2 heterocycles. The Morgan fingerprint density at radius 1 is 1.50 bits per heavy atom. The van der Waals surface area contributed by atoms with E-state index in [-0.39, 0.29) is 5.69 Å². The van der Waals surface area contributed by atoms with Gasteiger partial charge in [0.15, 0.2) is 0 Å². The fourth-order valence-corrected chi connectivity index (χ4v) is 1.14. The number of nitro groups is 1. The summed E-state index contributed by atoms with van der Waals surface area (Å²) < 4.78 is 4.65. The van der Waals surface area contributed by atoms with Crippen LogP contribution in [0.25, 0.3) is 0 Å². The molecule has 16 heavy (non-hydrogen) atoms. The fraction of sp³-hybridized carbons (Fsp3) is 0.111. The maximum absolute atomic E-state index is 10.5. The summed E-state index contributed by atoms with van der Waals surface area (Å²) in [6.45, 7) is 0.407. The van der Waals surface area contributed by atoms with E-state index in [0.29, 0.717) is 18.1 Å². The van der Waals surface area contributed by atoms with Crippen LogP contribution in [0.15, 0.2) is 35.2 Å². The first-order valence-corrected chi connectivity index (χ1v) is 4.49. The molecule has 7 nitrogen and oxygen atoms in total. The van der Waals surface area contributed by atoms with Gasteiger partial charge in [-0.2, -0.15) is 0 Å². The maximum Gasteiger partial charge on any atom is 0.274 e. The SMILES string of the molecule is O=[N+]([O-])c1ccnc(NCc2ccon2)c1. The van der Waals surface area contributed by atoms with Crippen molar-refractivity contribution >= 4 is 11.5 Å². The van der Waals surface area contributed by atoms with Gasteiger partial charge in [0, 0.05) is 18.3 Å². The Labute approximate surface area is 90.2 Å². The second kappa shape index (κ2) is 4.39. The Morgan fingerprint density at radius 2 is 2.38 bits per heavy atom. The normalized spacial score (nSPS) is 10.0. The van der Waals surface area contributed by atoms with Gasteiger partial charge in [0.1, 0.15) is 17.8 Å². The summed E-state index contributed by atoms with van der Waals surface area (Å²) >= 11 is 0. The number of aromatic nitrogens is 2. The minimum absolute atomic E-state index is 0.00217. The fourth-order valence-electron chi connectivity index (χ4n) is 1.14. The molecular formula is C9H8N4O3. The van der Waals surface area contributed by atoms with E-state index in [1.807, 2.05) is 0 Å². The van der Waals surface area contributed by atoms with Gasteiger partial charge in [0.2, 0.25) is 0 Å². The first-order valence-electron chi connectivity index (χ1n) is 4.49. The van der Waals surface area contributed by atoms with Crippen molar-refractivity contribution in [2.45, 2.75) is 6.54 Å². The summed E-state index contributed by atoms with van der Waals surface area (Å²) in [7, 11) is 0. The average Bonchev–Trinajstić information content (AvgIpc) is 2.79. The molecule has 0 fully saturated rings. The van der Waals surface area contributed by atoms with Crippen LogP contribution in [-0.2, 0) is 6.54 Å². The van der Waals surface area contributed by atoms with Crippen molar-refractivity contribution in [1.82, 2.24) is 10.1 Å². The van der Waals surface area contributed by atoms with E-state index in [0.717, 1.165) is 0 Å². The highest BCUT2D eigenvalue weighted by Crippen LogP contribution is 2.14. The van der Waals surface area contributed by atoms with Crippen molar-refractivity contribution < 1.29 is 9.45 Å². The van der Waals surface area contributed by atoms with Crippen molar-refractivity contribution in [3.63, 3.8) is 0 Å². The highest BCUT2D eigenvalue weighted by molar-refractivity contribution is 5.44. The monoisotopic (exact) mass is 220 g/mol. The predicted molar refractivity (Wildman–Crippen MR) is 54.7 cm³/mol. The minimum Gasteiger partial charge on any atom is -0.364 e. The molecule has 0 amide bonds. The van der Waals surface area contributed by atoms with Crippen LogP contribution in [-0.4, -0.2) is 15.1 Å². The van der Waals surface area contributed by atoms with Crippen LogP contribution in [0.2, 0.25) is 0 Å². The molecule has 0 unspecified atom stereocenters. The molecule has 0 aliphatic rings. The van der Waals surface area contributed by atoms with E-state index in [4.69, 9.17) is 0 Å². The molecule has 0 saturated carbocycles. The van der Waals surface area contributed by atoms with Gasteiger partial charge in [-0.3, -0.25) is 10.1 Å². The Hall–Kier alpha value is -2.44. The lowest BCUT2D eigenvalue weighted by molar-refractivity contribution is -0.384. The van der Waals surface area contributed by atoms with E-state index in [2.05, 4.69) is 20.0 Å². The molecule has 1 N–H and O–H groups in total. The number of nitrogens with one attached hydrogen (secondary N) is 1. The molecule has 0 atom stereocenters. The molecule has 0 bridgehead atoms. The molecule has 0 aliphatic carbocycles. The van der Waals surface area contributed by atoms with Crippen molar-refractivity contribution in [3.05, 3.63) is 46.5 Å². The lowest BCUT2D eigenvalue weighted by Gasteiger charge is -2.01. The van der Waals surface area contributed by atoms with Crippen molar-refractivity contribution in [2.75, 3.05) is 5.32 Å². The zero-order valence-electron chi connectivity index (χ0n) is 8.16. The number of pyridine rings is 1. The van der Waals surface area contributed by atoms with Crippen LogP contribution >= 0.6 is 0 Å². The second-order valence-electron chi connectivity index (χ2n) is 3.00. The van der Waals surface area contributed by atoms with E-state index >= 15 is 0 Å². The van der Waals surface area contributed by atoms with Crippen LogP contribution in [0.5, 0.6) is 0 Å². The lowest BCUT2D eigenvalue weighted by atomic mass is 10.4. The Balaban J connectivity index is 2.04. The zero-order valence-corrected chi connectivity index (χ0v) is 8.16. The van der Waals surface area contributed by atoms with Crippen LogP contribution in [0, 0.1) is 10.1 Å². The van der Waals surface area contributed by atoms with Gasteiger partial charge >= 0.3 is 0 Å². The average molecular weight is 220 g/mol. The van der Waals surface area contributed by atoms with E-state index in [1.165, 1.54) is 24.6 Å². The molecule has 0 saturated heterocycles. The van der Waals surface area contributed by atoms with Gasteiger partial charge in [0.05, 0.1) is 17.5 Å². The minimum atomic E-state index is -0.469. The smallest absolute Gasteiger partial charge is 0.274 e. The van der Waals surface area contributed by atoms with Gasteiger partial charge in [0.25, 0.3) is 5.69 Å².